The Bertz CT molecular complexity index is 924. The van der Waals surface area contributed by atoms with E-state index >= 15 is 0 Å². The molecule has 0 atom stereocenters. The molecular weight excluding hydrogens is 364 g/mol. The van der Waals surface area contributed by atoms with Gasteiger partial charge in [-0.1, -0.05) is 17.7 Å². The average molecular weight is 375 g/mol. The van der Waals surface area contributed by atoms with Crippen molar-refractivity contribution < 1.29 is 27.4 Å². The summed E-state index contributed by atoms with van der Waals surface area (Å²) >= 11 is 5.99. The van der Waals surface area contributed by atoms with Gasteiger partial charge in [-0.05, 0) is 29.8 Å². The molecule has 3 aromatic rings. The first-order valence-electron chi connectivity index (χ1n) is 7.07. The van der Waals surface area contributed by atoms with Crippen LogP contribution in [0, 0.1) is 5.82 Å². The molecule has 0 spiro atoms. The van der Waals surface area contributed by atoms with Crippen LogP contribution in [0.25, 0.3) is 10.9 Å². The van der Waals surface area contributed by atoms with E-state index in [0.29, 0.717) is 22.2 Å². The Morgan fingerprint density at radius 2 is 1.92 bits per heavy atom. The summed E-state index contributed by atoms with van der Waals surface area (Å²) in [5.41, 5.74) is 1.15. The molecule has 9 heteroatoms. The summed E-state index contributed by atoms with van der Waals surface area (Å²) in [6.07, 6.45) is -4.82. The number of aromatic nitrogens is 2. The number of ether oxygens (including phenoxy) is 1. The molecule has 0 bridgehead atoms. The first kappa shape index (κ1) is 17.5. The number of aliphatic hydroxyl groups is 1. The van der Waals surface area contributed by atoms with Crippen LogP contribution in [-0.4, -0.2) is 21.2 Å². The zero-order valence-corrected chi connectivity index (χ0v) is 13.3. The van der Waals surface area contributed by atoms with E-state index in [0.717, 1.165) is 12.1 Å². The van der Waals surface area contributed by atoms with Crippen molar-refractivity contribution in [2.24, 2.45) is 0 Å². The average Bonchev–Trinajstić information content (AvgIpc) is 2.86. The molecule has 4 nitrogen and oxygen atoms in total. The maximum absolute atomic E-state index is 13.1. The number of aliphatic hydroxyl groups excluding tert-OH is 1. The fourth-order valence-electron chi connectivity index (χ4n) is 2.47. The van der Waals surface area contributed by atoms with E-state index in [2.05, 4.69) is 9.84 Å². The van der Waals surface area contributed by atoms with Crippen LogP contribution in [0.1, 0.15) is 11.3 Å². The second kappa shape index (κ2) is 6.53. The van der Waals surface area contributed by atoms with Crippen LogP contribution in [0.4, 0.5) is 17.6 Å². The van der Waals surface area contributed by atoms with Crippen molar-refractivity contribution in [1.82, 2.24) is 9.78 Å². The molecule has 0 fully saturated rings. The van der Waals surface area contributed by atoms with Crippen molar-refractivity contribution in [3.05, 3.63) is 58.5 Å². The van der Waals surface area contributed by atoms with Gasteiger partial charge in [-0.2, -0.15) is 5.10 Å². The minimum Gasteiger partial charge on any atom is -0.406 e. The Morgan fingerprint density at radius 3 is 2.56 bits per heavy atom. The van der Waals surface area contributed by atoms with Crippen molar-refractivity contribution in [3.63, 3.8) is 0 Å². The van der Waals surface area contributed by atoms with Crippen LogP contribution in [0.2, 0.25) is 5.02 Å². The molecule has 0 aliphatic heterocycles. The number of benzene rings is 2. The van der Waals surface area contributed by atoms with E-state index in [1.54, 1.807) is 0 Å². The van der Waals surface area contributed by atoms with Gasteiger partial charge in [0.25, 0.3) is 0 Å². The lowest BCUT2D eigenvalue weighted by Gasteiger charge is -2.10. The van der Waals surface area contributed by atoms with Gasteiger partial charge in [0.1, 0.15) is 11.6 Å². The van der Waals surface area contributed by atoms with E-state index in [-0.39, 0.29) is 18.2 Å². The lowest BCUT2D eigenvalue weighted by molar-refractivity contribution is -0.274. The van der Waals surface area contributed by atoms with Crippen molar-refractivity contribution in [3.8, 4) is 5.75 Å². The van der Waals surface area contributed by atoms with Crippen LogP contribution in [0.3, 0.4) is 0 Å². The minimum atomic E-state index is -4.82. The Morgan fingerprint density at radius 1 is 1.16 bits per heavy atom. The second-order valence-corrected chi connectivity index (χ2v) is 5.63. The van der Waals surface area contributed by atoms with E-state index < -0.39 is 17.9 Å². The SMILES string of the molecule is OCc1nn(Cc2ccc(F)cc2Cl)c2cc(OC(F)(F)F)ccc12. The van der Waals surface area contributed by atoms with Crippen LogP contribution >= 0.6 is 11.6 Å². The molecule has 0 unspecified atom stereocenters. The summed E-state index contributed by atoms with van der Waals surface area (Å²) < 4.78 is 55.7. The predicted octanol–water partition coefficient (Wildman–Crippen LogP) is 4.27. The van der Waals surface area contributed by atoms with Gasteiger partial charge in [-0.25, -0.2) is 4.39 Å². The monoisotopic (exact) mass is 374 g/mol. The third-order valence-electron chi connectivity index (χ3n) is 3.52. The van der Waals surface area contributed by atoms with Gasteiger partial charge in [0.05, 0.1) is 24.4 Å². The molecule has 0 aliphatic rings. The lowest BCUT2D eigenvalue weighted by atomic mass is 10.2. The minimum absolute atomic E-state index is 0.0884. The Hall–Kier alpha value is -2.32. The Kier molecular flexibility index (Phi) is 4.57. The van der Waals surface area contributed by atoms with Crippen LogP contribution < -0.4 is 4.74 Å². The highest BCUT2D eigenvalue weighted by Gasteiger charge is 2.31. The molecule has 0 radical (unpaired) electrons. The molecular formula is C16H11ClF4N2O2. The van der Waals surface area contributed by atoms with Crippen molar-refractivity contribution in [2.45, 2.75) is 19.5 Å². The standard InChI is InChI=1S/C16H11ClF4N2O2/c17-13-5-10(18)2-1-9(13)7-23-15-6-11(25-16(19,20)21)3-4-12(15)14(8-24)22-23/h1-6,24H,7-8H2. The third kappa shape index (κ3) is 3.85. The fourth-order valence-corrected chi connectivity index (χ4v) is 2.70. The maximum atomic E-state index is 13.1. The Labute approximate surface area is 144 Å². The zero-order valence-electron chi connectivity index (χ0n) is 12.5. The highest BCUT2D eigenvalue weighted by molar-refractivity contribution is 6.31. The van der Waals surface area contributed by atoms with Gasteiger partial charge >= 0.3 is 6.36 Å². The summed E-state index contributed by atoms with van der Waals surface area (Å²) in [4.78, 5) is 0. The van der Waals surface area contributed by atoms with Crippen molar-refractivity contribution >= 4 is 22.5 Å². The van der Waals surface area contributed by atoms with Gasteiger partial charge in [0, 0.05) is 16.5 Å². The number of fused-ring (bicyclic) bond motifs is 1. The quantitative estimate of drug-likeness (QED) is 0.694. The summed E-state index contributed by atoms with van der Waals surface area (Å²) in [7, 11) is 0. The molecule has 3 rings (SSSR count). The number of hydrogen-bond donors (Lipinski definition) is 1. The summed E-state index contributed by atoms with van der Waals surface area (Å²) in [6.45, 7) is -0.300. The molecule has 0 aliphatic carbocycles. The largest absolute Gasteiger partial charge is 0.573 e. The molecule has 1 aromatic heterocycles. The number of halogens is 5. The fraction of sp³-hybridized carbons (Fsp3) is 0.188. The highest BCUT2D eigenvalue weighted by Crippen LogP contribution is 2.29. The van der Waals surface area contributed by atoms with Gasteiger partial charge < -0.3 is 9.84 Å². The zero-order chi connectivity index (χ0) is 18.2. The summed E-state index contributed by atoms with van der Waals surface area (Å²) in [6, 6.07) is 7.52. The molecule has 2 aromatic carbocycles. The molecule has 132 valence electrons. The summed E-state index contributed by atoms with van der Waals surface area (Å²) in [5, 5.41) is 14.2. The third-order valence-corrected chi connectivity index (χ3v) is 3.87. The first-order valence-corrected chi connectivity index (χ1v) is 7.44. The van der Waals surface area contributed by atoms with Gasteiger partial charge in [-0.3, -0.25) is 4.68 Å². The molecule has 0 saturated carbocycles. The number of hydrogen-bond acceptors (Lipinski definition) is 3. The van der Waals surface area contributed by atoms with Gasteiger partial charge in [0.15, 0.2) is 0 Å². The van der Waals surface area contributed by atoms with E-state index in [4.69, 9.17) is 11.6 Å². The van der Waals surface area contributed by atoms with Crippen LogP contribution in [0.5, 0.6) is 5.75 Å². The normalized spacial score (nSPS) is 11.9. The molecule has 25 heavy (non-hydrogen) atoms. The predicted molar refractivity (Wildman–Crippen MR) is 82.9 cm³/mol. The van der Waals surface area contributed by atoms with E-state index in [9.17, 15) is 22.7 Å². The molecule has 0 saturated heterocycles. The smallest absolute Gasteiger partial charge is 0.406 e. The number of nitrogens with zero attached hydrogens (tertiary/aromatic N) is 2. The van der Waals surface area contributed by atoms with Gasteiger partial charge in [0.2, 0.25) is 0 Å². The Balaban J connectivity index is 2.05. The number of rotatable bonds is 4. The second-order valence-electron chi connectivity index (χ2n) is 5.22. The van der Waals surface area contributed by atoms with Crippen molar-refractivity contribution in [2.75, 3.05) is 0 Å². The van der Waals surface area contributed by atoms with Crippen molar-refractivity contribution in [1.29, 1.82) is 0 Å². The van der Waals surface area contributed by atoms with Crippen LogP contribution in [-0.2, 0) is 13.2 Å². The first-order chi connectivity index (χ1) is 11.8. The molecule has 0 amide bonds. The van der Waals surface area contributed by atoms with Gasteiger partial charge in [-0.15, -0.1) is 13.2 Å². The summed E-state index contributed by atoms with van der Waals surface area (Å²) in [5.74, 6) is -0.910. The molecule has 1 N–H and O–H groups in total. The van der Waals surface area contributed by atoms with E-state index in [1.807, 2.05) is 0 Å². The number of alkyl halides is 3. The highest BCUT2D eigenvalue weighted by atomic mass is 35.5. The van der Waals surface area contributed by atoms with Crippen LogP contribution in [0.15, 0.2) is 36.4 Å². The maximum Gasteiger partial charge on any atom is 0.573 e. The topological polar surface area (TPSA) is 47.3 Å². The molecule has 1 heterocycles. The lowest BCUT2D eigenvalue weighted by Crippen LogP contribution is -2.17. The van der Waals surface area contributed by atoms with E-state index in [1.165, 1.54) is 28.9 Å².